The second-order valence-electron chi connectivity index (χ2n) is 4.86. The van der Waals surface area contributed by atoms with Crippen molar-refractivity contribution in [2.45, 2.75) is 6.42 Å². The Morgan fingerprint density at radius 3 is 2.57 bits per heavy atom. The van der Waals surface area contributed by atoms with Gasteiger partial charge in [0.05, 0.1) is 5.69 Å². The van der Waals surface area contributed by atoms with Crippen LogP contribution in [-0.2, 0) is 6.42 Å². The highest BCUT2D eigenvalue weighted by Gasteiger charge is 2.07. The number of thiophene rings is 1. The van der Waals surface area contributed by atoms with Crippen molar-refractivity contribution in [2.75, 3.05) is 28.4 Å². The summed E-state index contributed by atoms with van der Waals surface area (Å²) in [6, 6.07) is 13.9. The van der Waals surface area contributed by atoms with Crippen LogP contribution in [0.15, 0.2) is 54.2 Å². The van der Waals surface area contributed by atoms with Crippen LogP contribution in [0.2, 0.25) is 0 Å². The molecule has 2 heterocycles. The molecule has 0 aliphatic carbocycles. The number of aromatic nitrogens is 2. The molecule has 3 rings (SSSR count). The Hall–Kier alpha value is -2.80. The van der Waals surface area contributed by atoms with Crippen LogP contribution < -0.4 is 21.9 Å². The second-order valence-corrected chi connectivity index (χ2v) is 5.89. The molecule has 0 aliphatic rings. The van der Waals surface area contributed by atoms with Gasteiger partial charge in [-0.2, -0.15) is 0 Å². The number of nitrogen functional groups attached to an aromatic ring is 1. The van der Waals surface area contributed by atoms with Crippen molar-refractivity contribution in [1.82, 2.24) is 9.97 Å². The Balaban J connectivity index is 1.59. The number of hydrogen-bond donors (Lipinski definition) is 4. The van der Waals surface area contributed by atoms with E-state index in [4.69, 9.17) is 5.73 Å². The zero-order chi connectivity index (χ0) is 15.9. The summed E-state index contributed by atoms with van der Waals surface area (Å²) in [6.45, 7) is 0.771. The molecule has 7 heteroatoms. The fraction of sp³-hybridized carbons (Fsp3) is 0.125. The molecule has 0 aliphatic heterocycles. The minimum absolute atomic E-state index is 0.488. The van der Waals surface area contributed by atoms with Crippen LogP contribution in [0, 0.1) is 0 Å². The molecule has 2 aromatic heterocycles. The van der Waals surface area contributed by atoms with E-state index in [0.29, 0.717) is 17.3 Å². The number of rotatable bonds is 7. The topological polar surface area (TPSA) is 87.9 Å². The number of hydrazine groups is 1. The van der Waals surface area contributed by atoms with Crippen molar-refractivity contribution in [3.63, 3.8) is 0 Å². The molecule has 6 nitrogen and oxygen atoms in total. The highest BCUT2D eigenvalue weighted by molar-refractivity contribution is 7.09. The van der Waals surface area contributed by atoms with E-state index in [1.165, 1.54) is 11.2 Å². The molecule has 0 atom stereocenters. The third kappa shape index (κ3) is 4.10. The van der Waals surface area contributed by atoms with Gasteiger partial charge in [0, 0.05) is 11.4 Å². The summed E-state index contributed by atoms with van der Waals surface area (Å²) in [7, 11) is 0. The molecular formula is C16H18N6S. The number of anilines is 4. The monoisotopic (exact) mass is 326 g/mol. The van der Waals surface area contributed by atoms with Crippen LogP contribution in [-0.4, -0.2) is 16.5 Å². The van der Waals surface area contributed by atoms with Crippen molar-refractivity contribution in [3.8, 4) is 0 Å². The Labute approximate surface area is 138 Å². The number of nitrogens with zero attached hydrogens (tertiary/aromatic N) is 2. The first-order valence-electron chi connectivity index (χ1n) is 7.27. The molecule has 0 radical (unpaired) electrons. The fourth-order valence-electron chi connectivity index (χ4n) is 2.05. The zero-order valence-corrected chi connectivity index (χ0v) is 13.3. The first kappa shape index (κ1) is 15.1. The maximum Gasteiger partial charge on any atom is 0.173 e. The smallest absolute Gasteiger partial charge is 0.173 e. The Morgan fingerprint density at radius 1 is 0.957 bits per heavy atom. The summed E-state index contributed by atoms with van der Waals surface area (Å²) in [4.78, 5) is 9.69. The lowest BCUT2D eigenvalue weighted by molar-refractivity contribution is 1.02. The van der Waals surface area contributed by atoms with Crippen LogP contribution in [0.25, 0.3) is 0 Å². The van der Waals surface area contributed by atoms with Gasteiger partial charge in [-0.3, -0.25) is 10.9 Å². The second kappa shape index (κ2) is 7.46. The molecule has 0 saturated heterocycles. The van der Waals surface area contributed by atoms with Crippen LogP contribution >= 0.6 is 11.3 Å². The predicted octanol–water partition coefficient (Wildman–Crippen LogP) is 3.21. The van der Waals surface area contributed by atoms with Crippen molar-refractivity contribution >= 4 is 34.3 Å². The summed E-state index contributed by atoms with van der Waals surface area (Å²) in [6.07, 6.45) is 2.42. The number of hydrogen-bond acceptors (Lipinski definition) is 7. The molecule has 23 heavy (non-hydrogen) atoms. The van der Waals surface area contributed by atoms with E-state index in [1.54, 1.807) is 11.3 Å². The van der Waals surface area contributed by atoms with Gasteiger partial charge in [-0.05, 0) is 30.0 Å². The summed E-state index contributed by atoms with van der Waals surface area (Å²) < 4.78 is 0. The van der Waals surface area contributed by atoms with Crippen molar-refractivity contribution in [3.05, 3.63) is 59.0 Å². The van der Waals surface area contributed by atoms with E-state index in [9.17, 15) is 0 Å². The lowest BCUT2D eigenvalue weighted by atomic mass is 10.3. The van der Waals surface area contributed by atoms with Gasteiger partial charge in [0.2, 0.25) is 0 Å². The van der Waals surface area contributed by atoms with Crippen molar-refractivity contribution < 1.29 is 0 Å². The summed E-state index contributed by atoms with van der Waals surface area (Å²) in [5.74, 6) is 1.18. The largest absolute Gasteiger partial charge is 0.393 e. The minimum Gasteiger partial charge on any atom is -0.393 e. The summed E-state index contributed by atoms with van der Waals surface area (Å²) in [5, 5.41) is 5.33. The summed E-state index contributed by atoms with van der Waals surface area (Å²) >= 11 is 1.74. The summed E-state index contributed by atoms with van der Waals surface area (Å²) in [5.41, 5.74) is 13.6. The molecule has 0 unspecified atom stereocenters. The van der Waals surface area contributed by atoms with E-state index in [2.05, 4.69) is 43.6 Å². The Kier molecular flexibility index (Phi) is 4.90. The standard InChI is InChI=1S/C16H18N6S/c17-14-15(18-9-8-13-7-4-10-23-13)19-11-20-16(14)22-21-12-5-2-1-3-6-12/h1-7,10-11,21H,8-9,17H2,(H2,18,19,20,22). The maximum absolute atomic E-state index is 6.12. The highest BCUT2D eigenvalue weighted by Crippen LogP contribution is 2.22. The lowest BCUT2D eigenvalue weighted by Gasteiger charge is -2.13. The predicted molar refractivity (Wildman–Crippen MR) is 96.6 cm³/mol. The third-order valence-corrected chi connectivity index (χ3v) is 4.16. The molecular weight excluding hydrogens is 308 g/mol. The fourth-order valence-corrected chi connectivity index (χ4v) is 2.76. The minimum atomic E-state index is 0.488. The van der Waals surface area contributed by atoms with Gasteiger partial charge in [0.1, 0.15) is 12.0 Å². The first-order valence-corrected chi connectivity index (χ1v) is 8.14. The lowest BCUT2D eigenvalue weighted by Crippen LogP contribution is -2.15. The average molecular weight is 326 g/mol. The molecule has 0 bridgehead atoms. The van der Waals surface area contributed by atoms with Crippen LogP contribution in [0.4, 0.5) is 23.0 Å². The van der Waals surface area contributed by atoms with E-state index < -0.39 is 0 Å². The highest BCUT2D eigenvalue weighted by atomic mass is 32.1. The molecule has 3 aromatic rings. The normalized spacial score (nSPS) is 10.3. The molecule has 5 N–H and O–H groups in total. The third-order valence-electron chi connectivity index (χ3n) is 3.23. The van der Waals surface area contributed by atoms with Gasteiger partial charge in [0.15, 0.2) is 11.6 Å². The van der Waals surface area contributed by atoms with Crippen LogP contribution in [0.1, 0.15) is 4.88 Å². The van der Waals surface area contributed by atoms with Crippen molar-refractivity contribution in [2.24, 2.45) is 0 Å². The van der Waals surface area contributed by atoms with E-state index in [1.807, 2.05) is 30.3 Å². The van der Waals surface area contributed by atoms with Gasteiger partial charge < -0.3 is 11.1 Å². The molecule has 1 aromatic carbocycles. The molecule has 0 amide bonds. The Bertz CT molecular complexity index is 730. The van der Waals surface area contributed by atoms with Gasteiger partial charge in [-0.25, -0.2) is 9.97 Å². The van der Waals surface area contributed by atoms with Crippen molar-refractivity contribution in [1.29, 1.82) is 0 Å². The molecule has 0 saturated carbocycles. The van der Waals surface area contributed by atoms with Crippen LogP contribution in [0.3, 0.4) is 0 Å². The molecule has 118 valence electrons. The van der Waals surface area contributed by atoms with E-state index >= 15 is 0 Å². The van der Waals surface area contributed by atoms with E-state index in [-0.39, 0.29) is 0 Å². The maximum atomic E-state index is 6.12. The quantitative estimate of drug-likeness (QED) is 0.499. The number of nitrogens with two attached hydrogens (primary N) is 1. The first-order chi connectivity index (χ1) is 11.3. The number of benzene rings is 1. The van der Waals surface area contributed by atoms with Gasteiger partial charge in [-0.15, -0.1) is 11.3 Å². The molecule has 0 spiro atoms. The van der Waals surface area contributed by atoms with E-state index in [0.717, 1.165) is 18.7 Å². The number of para-hydroxylation sites is 1. The Morgan fingerprint density at radius 2 is 1.78 bits per heavy atom. The zero-order valence-electron chi connectivity index (χ0n) is 12.5. The SMILES string of the molecule is Nc1c(NCCc2cccs2)ncnc1NNc1ccccc1. The van der Waals surface area contributed by atoms with Gasteiger partial charge in [0.25, 0.3) is 0 Å². The number of nitrogens with one attached hydrogen (secondary N) is 3. The van der Waals surface area contributed by atoms with Crippen LogP contribution in [0.5, 0.6) is 0 Å². The van der Waals surface area contributed by atoms with Gasteiger partial charge in [-0.1, -0.05) is 24.3 Å². The van der Waals surface area contributed by atoms with Gasteiger partial charge >= 0.3 is 0 Å². The average Bonchev–Trinajstić information content (AvgIpc) is 3.10. The molecule has 0 fully saturated rings.